The summed E-state index contributed by atoms with van der Waals surface area (Å²) in [5.74, 6) is 0.0152. The Balaban J connectivity index is 2.39. The first-order valence-electron chi connectivity index (χ1n) is 6.60. The molecule has 0 bridgehead atoms. The van der Waals surface area contributed by atoms with Gasteiger partial charge in [-0.05, 0) is 12.0 Å². The number of rotatable bonds is 9. The second-order valence-corrected chi connectivity index (χ2v) is 4.39. The van der Waals surface area contributed by atoms with E-state index in [1.807, 2.05) is 18.2 Å². The van der Waals surface area contributed by atoms with E-state index in [0.29, 0.717) is 19.6 Å². The molecule has 0 aliphatic carbocycles. The summed E-state index contributed by atoms with van der Waals surface area (Å²) in [5.41, 5.74) is 6.86. The molecule has 0 spiro atoms. The van der Waals surface area contributed by atoms with Gasteiger partial charge in [-0.25, -0.2) is 0 Å². The van der Waals surface area contributed by atoms with Gasteiger partial charge in [-0.3, -0.25) is 9.69 Å². The Hall–Kier alpha value is -1.65. The molecule has 0 fully saturated rings. The summed E-state index contributed by atoms with van der Waals surface area (Å²) in [7, 11) is 0. The van der Waals surface area contributed by atoms with Crippen molar-refractivity contribution in [3.8, 4) is 0 Å². The fourth-order valence-corrected chi connectivity index (χ4v) is 1.83. The molecule has 0 saturated carbocycles. The molecule has 0 aliphatic heterocycles. The van der Waals surface area contributed by atoms with Crippen molar-refractivity contribution in [3.05, 3.63) is 48.6 Å². The minimum atomic E-state index is 0.0152. The molecule has 0 aliphatic rings. The maximum absolute atomic E-state index is 11.7. The van der Waals surface area contributed by atoms with Crippen LogP contribution in [0.1, 0.15) is 5.56 Å². The molecular weight excluding hydrogens is 238 g/mol. The molecule has 0 saturated heterocycles. The van der Waals surface area contributed by atoms with Crippen molar-refractivity contribution in [2.24, 2.45) is 5.73 Å². The summed E-state index contributed by atoms with van der Waals surface area (Å²) in [6.07, 6.45) is 2.60. The van der Waals surface area contributed by atoms with Gasteiger partial charge in [0.25, 0.3) is 0 Å². The molecule has 0 atom stereocenters. The van der Waals surface area contributed by atoms with Crippen LogP contribution in [0.15, 0.2) is 43.0 Å². The Kier molecular flexibility index (Phi) is 7.54. The maximum Gasteiger partial charge on any atom is 0.234 e. The van der Waals surface area contributed by atoms with Gasteiger partial charge in [0, 0.05) is 26.2 Å². The van der Waals surface area contributed by atoms with Crippen LogP contribution >= 0.6 is 0 Å². The maximum atomic E-state index is 11.7. The minimum Gasteiger partial charge on any atom is -0.352 e. The quantitative estimate of drug-likeness (QED) is 0.646. The molecule has 0 aromatic heterocycles. The fraction of sp³-hybridized carbons (Fsp3) is 0.400. The topological polar surface area (TPSA) is 58.4 Å². The van der Waals surface area contributed by atoms with Crippen LogP contribution in [-0.4, -0.2) is 43.5 Å². The molecule has 0 unspecified atom stereocenters. The SMILES string of the molecule is C=CCNC(=O)CN(CCN)CCc1ccccc1. The lowest BCUT2D eigenvalue weighted by atomic mass is 10.1. The second-order valence-electron chi connectivity index (χ2n) is 4.39. The largest absolute Gasteiger partial charge is 0.352 e. The molecule has 4 nitrogen and oxygen atoms in total. The zero-order valence-corrected chi connectivity index (χ0v) is 11.3. The Labute approximate surface area is 115 Å². The molecule has 19 heavy (non-hydrogen) atoms. The highest BCUT2D eigenvalue weighted by Crippen LogP contribution is 2.01. The molecule has 0 radical (unpaired) electrons. The Morgan fingerprint density at radius 2 is 2.05 bits per heavy atom. The van der Waals surface area contributed by atoms with E-state index in [2.05, 4.69) is 28.9 Å². The lowest BCUT2D eigenvalue weighted by molar-refractivity contribution is -0.122. The number of nitrogens with one attached hydrogen (secondary N) is 1. The standard InChI is InChI=1S/C15H23N3O/c1-2-10-17-15(19)13-18(12-9-16)11-8-14-6-4-3-5-7-14/h2-7H,1,8-13,16H2,(H,17,19). The average molecular weight is 261 g/mol. The van der Waals surface area contributed by atoms with Gasteiger partial charge in [-0.2, -0.15) is 0 Å². The molecule has 1 aromatic carbocycles. The number of nitrogens with two attached hydrogens (primary N) is 1. The lowest BCUT2D eigenvalue weighted by Gasteiger charge is -2.20. The summed E-state index contributed by atoms with van der Waals surface area (Å²) in [4.78, 5) is 13.7. The van der Waals surface area contributed by atoms with E-state index in [1.54, 1.807) is 6.08 Å². The van der Waals surface area contributed by atoms with E-state index in [4.69, 9.17) is 5.73 Å². The lowest BCUT2D eigenvalue weighted by Crippen LogP contribution is -2.40. The average Bonchev–Trinajstić information content (AvgIpc) is 2.44. The van der Waals surface area contributed by atoms with Crippen LogP contribution in [-0.2, 0) is 11.2 Å². The predicted molar refractivity (Wildman–Crippen MR) is 78.8 cm³/mol. The van der Waals surface area contributed by atoms with Crippen LogP contribution in [0.2, 0.25) is 0 Å². The van der Waals surface area contributed by atoms with Crippen molar-refractivity contribution >= 4 is 5.91 Å². The van der Waals surface area contributed by atoms with Crippen LogP contribution in [0.3, 0.4) is 0 Å². The zero-order valence-electron chi connectivity index (χ0n) is 11.3. The number of benzene rings is 1. The summed E-state index contributed by atoms with van der Waals surface area (Å²) in [5, 5.41) is 2.78. The van der Waals surface area contributed by atoms with Crippen molar-refractivity contribution in [1.82, 2.24) is 10.2 Å². The summed E-state index contributed by atoms with van der Waals surface area (Å²) in [6.45, 7) is 6.60. The molecule has 4 heteroatoms. The summed E-state index contributed by atoms with van der Waals surface area (Å²) in [6, 6.07) is 10.2. The normalized spacial score (nSPS) is 10.4. The molecular formula is C15H23N3O. The smallest absolute Gasteiger partial charge is 0.234 e. The van der Waals surface area contributed by atoms with E-state index in [-0.39, 0.29) is 5.91 Å². The Morgan fingerprint density at radius 3 is 2.68 bits per heavy atom. The highest BCUT2D eigenvalue weighted by molar-refractivity contribution is 5.78. The van der Waals surface area contributed by atoms with Gasteiger partial charge in [0.15, 0.2) is 0 Å². The zero-order chi connectivity index (χ0) is 13.9. The molecule has 1 aromatic rings. The van der Waals surface area contributed by atoms with Gasteiger partial charge in [0.2, 0.25) is 5.91 Å². The van der Waals surface area contributed by atoms with Crippen molar-refractivity contribution in [2.75, 3.05) is 32.7 Å². The number of carbonyl (C=O) groups excluding carboxylic acids is 1. The third-order valence-corrected chi connectivity index (χ3v) is 2.82. The van der Waals surface area contributed by atoms with Gasteiger partial charge < -0.3 is 11.1 Å². The first-order valence-corrected chi connectivity index (χ1v) is 6.60. The minimum absolute atomic E-state index is 0.0152. The first kappa shape index (κ1) is 15.4. The monoisotopic (exact) mass is 261 g/mol. The van der Waals surface area contributed by atoms with E-state index in [1.165, 1.54) is 5.56 Å². The molecule has 1 rings (SSSR count). The van der Waals surface area contributed by atoms with E-state index < -0.39 is 0 Å². The Bertz CT molecular complexity index is 378. The van der Waals surface area contributed by atoms with Crippen LogP contribution in [0, 0.1) is 0 Å². The van der Waals surface area contributed by atoms with Gasteiger partial charge in [0.1, 0.15) is 0 Å². The highest BCUT2D eigenvalue weighted by atomic mass is 16.2. The van der Waals surface area contributed by atoms with Gasteiger partial charge in [0.05, 0.1) is 6.54 Å². The summed E-state index contributed by atoms with van der Waals surface area (Å²) < 4.78 is 0. The van der Waals surface area contributed by atoms with Gasteiger partial charge >= 0.3 is 0 Å². The molecule has 0 heterocycles. The number of hydrogen-bond acceptors (Lipinski definition) is 3. The van der Waals surface area contributed by atoms with Crippen molar-refractivity contribution in [3.63, 3.8) is 0 Å². The fourth-order valence-electron chi connectivity index (χ4n) is 1.83. The van der Waals surface area contributed by atoms with E-state index in [0.717, 1.165) is 19.5 Å². The highest BCUT2D eigenvalue weighted by Gasteiger charge is 2.09. The van der Waals surface area contributed by atoms with Crippen molar-refractivity contribution in [2.45, 2.75) is 6.42 Å². The number of hydrogen-bond donors (Lipinski definition) is 2. The van der Waals surface area contributed by atoms with Crippen LogP contribution < -0.4 is 11.1 Å². The molecule has 1 amide bonds. The number of carbonyl (C=O) groups is 1. The third kappa shape index (κ3) is 6.74. The molecule has 3 N–H and O–H groups in total. The van der Waals surface area contributed by atoms with Crippen LogP contribution in [0.5, 0.6) is 0 Å². The van der Waals surface area contributed by atoms with Gasteiger partial charge in [-0.15, -0.1) is 6.58 Å². The third-order valence-electron chi connectivity index (χ3n) is 2.82. The van der Waals surface area contributed by atoms with Crippen LogP contribution in [0.4, 0.5) is 0 Å². The number of amides is 1. The molecule has 104 valence electrons. The van der Waals surface area contributed by atoms with E-state index in [9.17, 15) is 4.79 Å². The van der Waals surface area contributed by atoms with Crippen molar-refractivity contribution in [1.29, 1.82) is 0 Å². The Morgan fingerprint density at radius 1 is 1.32 bits per heavy atom. The second kappa shape index (κ2) is 9.30. The van der Waals surface area contributed by atoms with Gasteiger partial charge in [-0.1, -0.05) is 36.4 Å². The predicted octanol–water partition coefficient (Wildman–Crippen LogP) is 0.792. The first-order chi connectivity index (χ1) is 9.26. The number of nitrogens with zero attached hydrogens (tertiary/aromatic N) is 1. The summed E-state index contributed by atoms with van der Waals surface area (Å²) >= 11 is 0. The van der Waals surface area contributed by atoms with Crippen LogP contribution in [0.25, 0.3) is 0 Å². The van der Waals surface area contributed by atoms with Crippen molar-refractivity contribution < 1.29 is 4.79 Å². The van der Waals surface area contributed by atoms with E-state index >= 15 is 0 Å².